The third-order valence-corrected chi connectivity index (χ3v) is 1.76. The molecule has 0 bridgehead atoms. The van der Waals surface area contributed by atoms with Gasteiger partial charge in [-0.3, -0.25) is 0 Å². The molecule has 17 heavy (non-hydrogen) atoms. The topological polar surface area (TPSA) is 9.23 Å². The normalized spacial score (nSPS) is 10.6. The van der Waals surface area contributed by atoms with Crippen LogP contribution in [0.5, 0.6) is 5.75 Å². The van der Waals surface area contributed by atoms with Gasteiger partial charge in [-0.1, -0.05) is 11.8 Å². The molecule has 0 N–H and O–H groups in total. The lowest BCUT2D eigenvalue weighted by Gasteiger charge is -2.10. The van der Waals surface area contributed by atoms with Gasteiger partial charge in [-0.25, -0.2) is 4.39 Å². The molecule has 0 aliphatic heterocycles. The molecule has 1 nitrogen and oxygen atoms in total. The van der Waals surface area contributed by atoms with Crippen LogP contribution < -0.4 is 4.74 Å². The van der Waals surface area contributed by atoms with Crippen LogP contribution >= 0.6 is 11.6 Å². The lowest BCUT2D eigenvalue weighted by molar-refractivity contribution is -0.153. The van der Waals surface area contributed by atoms with Crippen molar-refractivity contribution in [3.8, 4) is 17.6 Å². The Morgan fingerprint density at radius 1 is 1.29 bits per heavy atom. The van der Waals surface area contributed by atoms with Crippen molar-refractivity contribution < 1.29 is 22.3 Å². The summed E-state index contributed by atoms with van der Waals surface area (Å²) in [4.78, 5) is 0. The molecule has 1 rings (SSSR count). The molecule has 1 aromatic rings. The smallest absolute Gasteiger partial charge is 0.422 e. The molecule has 1 aromatic carbocycles. The van der Waals surface area contributed by atoms with Gasteiger partial charge >= 0.3 is 6.18 Å². The van der Waals surface area contributed by atoms with Crippen LogP contribution in [0.1, 0.15) is 5.56 Å². The Labute approximate surface area is 100 Å². The quantitative estimate of drug-likeness (QED) is 0.453. The van der Waals surface area contributed by atoms with E-state index >= 15 is 0 Å². The Bertz CT molecular complexity index is 445. The van der Waals surface area contributed by atoms with E-state index in [9.17, 15) is 17.6 Å². The summed E-state index contributed by atoms with van der Waals surface area (Å²) in [7, 11) is 0. The zero-order valence-electron chi connectivity index (χ0n) is 8.44. The van der Waals surface area contributed by atoms with Crippen molar-refractivity contribution in [2.75, 3.05) is 12.5 Å². The molecule has 6 heteroatoms. The molecule has 0 heterocycles. The highest BCUT2D eigenvalue weighted by Gasteiger charge is 2.28. The lowest BCUT2D eigenvalue weighted by atomic mass is 10.2. The molecular weight excluding hydrogens is 260 g/mol. The van der Waals surface area contributed by atoms with Gasteiger partial charge in [-0.05, 0) is 18.2 Å². The Balaban J connectivity index is 2.90. The van der Waals surface area contributed by atoms with Gasteiger partial charge in [0.15, 0.2) is 6.61 Å². The van der Waals surface area contributed by atoms with Gasteiger partial charge in [0.1, 0.15) is 11.6 Å². The molecule has 0 radical (unpaired) electrons. The van der Waals surface area contributed by atoms with E-state index in [2.05, 4.69) is 16.6 Å². The van der Waals surface area contributed by atoms with Crippen molar-refractivity contribution in [1.82, 2.24) is 0 Å². The van der Waals surface area contributed by atoms with Crippen LogP contribution in [-0.4, -0.2) is 18.7 Å². The molecule has 0 fully saturated rings. The number of hydrogen-bond acceptors (Lipinski definition) is 1. The minimum atomic E-state index is -4.45. The van der Waals surface area contributed by atoms with Crippen LogP contribution in [0, 0.1) is 17.7 Å². The third-order valence-electron chi connectivity index (χ3n) is 1.62. The second kappa shape index (κ2) is 5.78. The van der Waals surface area contributed by atoms with Crippen LogP contribution in [0.4, 0.5) is 17.6 Å². The van der Waals surface area contributed by atoms with E-state index in [1.807, 2.05) is 0 Å². The maximum atomic E-state index is 12.9. The molecule has 0 aliphatic carbocycles. The Kier molecular flexibility index (Phi) is 4.64. The number of rotatable bonds is 2. The van der Waals surface area contributed by atoms with E-state index in [0.29, 0.717) is 0 Å². The summed E-state index contributed by atoms with van der Waals surface area (Å²) in [6.07, 6.45) is -4.45. The number of hydrogen-bond donors (Lipinski definition) is 0. The molecule has 92 valence electrons. The summed E-state index contributed by atoms with van der Waals surface area (Å²) in [5.41, 5.74) is 0.0369. The SMILES string of the molecule is Fc1ccc(OCC(F)(F)F)c(C#CCCl)c1. The predicted octanol–water partition coefficient (Wildman–Crippen LogP) is 3.36. The van der Waals surface area contributed by atoms with E-state index in [-0.39, 0.29) is 17.2 Å². The predicted molar refractivity (Wildman–Crippen MR) is 55.5 cm³/mol. The molecule has 0 saturated carbocycles. The summed E-state index contributed by atoms with van der Waals surface area (Å²) in [6.45, 7) is -1.45. The fourth-order valence-corrected chi connectivity index (χ4v) is 1.08. The highest BCUT2D eigenvalue weighted by molar-refractivity contribution is 6.19. The van der Waals surface area contributed by atoms with Crippen molar-refractivity contribution in [2.45, 2.75) is 6.18 Å². The van der Waals surface area contributed by atoms with Gasteiger partial charge in [0.25, 0.3) is 0 Å². The number of alkyl halides is 4. The van der Waals surface area contributed by atoms with E-state index in [1.54, 1.807) is 0 Å². The second-order valence-electron chi connectivity index (χ2n) is 2.98. The molecule has 0 aliphatic rings. The number of benzene rings is 1. The van der Waals surface area contributed by atoms with Crippen molar-refractivity contribution in [3.63, 3.8) is 0 Å². The van der Waals surface area contributed by atoms with Crippen LogP contribution in [0.25, 0.3) is 0 Å². The highest BCUT2D eigenvalue weighted by Crippen LogP contribution is 2.22. The van der Waals surface area contributed by atoms with Gasteiger partial charge in [0.2, 0.25) is 0 Å². The second-order valence-corrected chi connectivity index (χ2v) is 3.25. The Hall–Kier alpha value is -1.41. The highest BCUT2D eigenvalue weighted by atomic mass is 35.5. The van der Waals surface area contributed by atoms with Crippen molar-refractivity contribution in [2.24, 2.45) is 0 Å². The maximum absolute atomic E-state index is 12.9. The average molecular weight is 267 g/mol. The standard InChI is InChI=1S/C11H7ClF4O/c12-5-1-2-8-6-9(13)3-4-10(8)17-7-11(14,15)16/h3-4,6H,5,7H2. The molecule has 0 saturated heterocycles. The van der Waals surface area contributed by atoms with Gasteiger partial charge in [-0.2, -0.15) is 13.2 Å². The first-order chi connectivity index (χ1) is 7.92. The minimum absolute atomic E-state index is 0.00474. The molecule has 0 unspecified atom stereocenters. The van der Waals surface area contributed by atoms with E-state index in [0.717, 1.165) is 18.2 Å². The largest absolute Gasteiger partial charge is 0.483 e. The fraction of sp³-hybridized carbons (Fsp3) is 0.273. The third kappa shape index (κ3) is 4.96. The average Bonchev–Trinajstić information content (AvgIpc) is 2.23. The molecule has 0 amide bonds. The van der Waals surface area contributed by atoms with Crippen LogP contribution in [-0.2, 0) is 0 Å². The first-order valence-electron chi connectivity index (χ1n) is 4.46. The monoisotopic (exact) mass is 266 g/mol. The van der Waals surface area contributed by atoms with E-state index in [1.165, 1.54) is 0 Å². The van der Waals surface area contributed by atoms with Crippen molar-refractivity contribution >= 4 is 11.6 Å². The summed E-state index contributed by atoms with van der Waals surface area (Å²) in [5.74, 6) is 4.11. The number of halogens is 5. The molecular formula is C11H7ClF4O. The lowest BCUT2D eigenvalue weighted by Crippen LogP contribution is -2.19. The van der Waals surface area contributed by atoms with Gasteiger partial charge in [0, 0.05) is 0 Å². The summed E-state index contributed by atoms with van der Waals surface area (Å²) in [6, 6.07) is 3.09. The van der Waals surface area contributed by atoms with Gasteiger partial charge in [0.05, 0.1) is 11.4 Å². The molecule has 0 atom stereocenters. The first kappa shape index (κ1) is 13.7. The van der Waals surface area contributed by atoms with E-state index in [4.69, 9.17) is 11.6 Å². The summed E-state index contributed by atoms with van der Waals surface area (Å²) < 4.78 is 53.2. The van der Waals surface area contributed by atoms with Crippen molar-refractivity contribution in [1.29, 1.82) is 0 Å². The number of ether oxygens (including phenoxy) is 1. The van der Waals surface area contributed by atoms with Crippen LogP contribution in [0.3, 0.4) is 0 Å². The molecule has 0 spiro atoms. The first-order valence-corrected chi connectivity index (χ1v) is 5.00. The Morgan fingerprint density at radius 2 is 2.00 bits per heavy atom. The maximum Gasteiger partial charge on any atom is 0.422 e. The zero-order valence-corrected chi connectivity index (χ0v) is 9.20. The van der Waals surface area contributed by atoms with Crippen molar-refractivity contribution in [3.05, 3.63) is 29.6 Å². The fourth-order valence-electron chi connectivity index (χ4n) is 1.01. The van der Waals surface area contributed by atoms with E-state index < -0.39 is 18.6 Å². The molecule has 0 aromatic heterocycles. The zero-order chi connectivity index (χ0) is 12.9. The van der Waals surface area contributed by atoms with Gasteiger partial charge < -0.3 is 4.74 Å². The van der Waals surface area contributed by atoms with Crippen LogP contribution in [0.15, 0.2) is 18.2 Å². The Morgan fingerprint density at radius 3 is 2.59 bits per heavy atom. The minimum Gasteiger partial charge on any atom is -0.483 e. The summed E-state index contributed by atoms with van der Waals surface area (Å²) in [5, 5.41) is 0. The van der Waals surface area contributed by atoms with Crippen LogP contribution in [0.2, 0.25) is 0 Å². The summed E-state index contributed by atoms with van der Waals surface area (Å²) >= 11 is 5.31. The van der Waals surface area contributed by atoms with Gasteiger partial charge in [-0.15, -0.1) is 11.6 Å².